The minimum atomic E-state index is -0.0109. The summed E-state index contributed by atoms with van der Waals surface area (Å²) in [5.74, 6) is 1.31. The molecule has 0 aliphatic carbocycles. The van der Waals surface area contributed by atoms with Gasteiger partial charge in [0.05, 0.1) is 7.11 Å². The van der Waals surface area contributed by atoms with Gasteiger partial charge in [-0.3, -0.25) is 4.79 Å². The van der Waals surface area contributed by atoms with E-state index >= 15 is 0 Å². The Bertz CT molecular complexity index is 383. The topological polar surface area (TPSA) is 50.4 Å². The first kappa shape index (κ1) is 12.9. The van der Waals surface area contributed by atoms with E-state index in [0.29, 0.717) is 11.5 Å². The Morgan fingerprint density at radius 3 is 2.83 bits per heavy atom. The SMILES string of the molecule is COc1ccc(C(=O)NCC2CCCNC2)cc1. The first-order chi connectivity index (χ1) is 8.79. The highest BCUT2D eigenvalue weighted by Crippen LogP contribution is 2.12. The monoisotopic (exact) mass is 248 g/mol. The van der Waals surface area contributed by atoms with Crippen molar-refractivity contribution in [2.45, 2.75) is 12.8 Å². The van der Waals surface area contributed by atoms with E-state index in [9.17, 15) is 4.79 Å². The third-order valence-corrected chi connectivity index (χ3v) is 3.30. The minimum Gasteiger partial charge on any atom is -0.497 e. The third-order valence-electron chi connectivity index (χ3n) is 3.30. The molecule has 1 unspecified atom stereocenters. The van der Waals surface area contributed by atoms with Crippen LogP contribution in [0.25, 0.3) is 0 Å². The number of carbonyl (C=O) groups is 1. The van der Waals surface area contributed by atoms with E-state index in [-0.39, 0.29) is 5.91 Å². The van der Waals surface area contributed by atoms with Crippen molar-refractivity contribution in [2.24, 2.45) is 5.92 Å². The van der Waals surface area contributed by atoms with Gasteiger partial charge in [0.2, 0.25) is 0 Å². The summed E-state index contributed by atoms with van der Waals surface area (Å²) in [7, 11) is 1.62. The lowest BCUT2D eigenvalue weighted by molar-refractivity contribution is 0.0945. The molecule has 1 saturated heterocycles. The van der Waals surface area contributed by atoms with Gasteiger partial charge in [0, 0.05) is 12.1 Å². The average molecular weight is 248 g/mol. The van der Waals surface area contributed by atoms with E-state index in [1.54, 1.807) is 31.4 Å². The number of rotatable bonds is 4. The number of ether oxygens (including phenoxy) is 1. The van der Waals surface area contributed by atoms with Crippen LogP contribution in [0.3, 0.4) is 0 Å². The van der Waals surface area contributed by atoms with Crippen LogP contribution in [-0.2, 0) is 0 Å². The highest BCUT2D eigenvalue weighted by atomic mass is 16.5. The Hall–Kier alpha value is -1.55. The van der Waals surface area contributed by atoms with Gasteiger partial charge in [-0.05, 0) is 56.1 Å². The second-order valence-electron chi connectivity index (χ2n) is 4.65. The minimum absolute atomic E-state index is 0.0109. The maximum atomic E-state index is 11.9. The predicted molar refractivity (Wildman–Crippen MR) is 70.9 cm³/mol. The molecule has 1 aliphatic rings. The highest BCUT2D eigenvalue weighted by molar-refractivity contribution is 5.94. The summed E-state index contributed by atoms with van der Waals surface area (Å²) in [5.41, 5.74) is 0.680. The van der Waals surface area contributed by atoms with Crippen LogP contribution < -0.4 is 15.4 Å². The number of benzene rings is 1. The lowest BCUT2D eigenvalue weighted by atomic mass is 10.00. The molecule has 1 heterocycles. The van der Waals surface area contributed by atoms with Gasteiger partial charge >= 0.3 is 0 Å². The van der Waals surface area contributed by atoms with Crippen molar-refractivity contribution in [3.63, 3.8) is 0 Å². The average Bonchev–Trinajstić information content (AvgIpc) is 2.46. The van der Waals surface area contributed by atoms with Crippen molar-refractivity contribution in [1.82, 2.24) is 10.6 Å². The van der Waals surface area contributed by atoms with Crippen LogP contribution in [0.4, 0.5) is 0 Å². The Kier molecular flexibility index (Phi) is 4.59. The quantitative estimate of drug-likeness (QED) is 0.847. The van der Waals surface area contributed by atoms with Crippen molar-refractivity contribution in [2.75, 3.05) is 26.7 Å². The zero-order valence-electron chi connectivity index (χ0n) is 10.7. The first-order valence-corrected chi connectivity index (χ1v) is 6.42. The Morgan fingerprint density at radius 2 is 2.22 bits per heavy atom. The van der Waals surface area contributed by atoms with E-state index in [0.717, 1.165) is 25.4 Å². The van der Waals surface area contributed by atoms with E-state index in [1.165, 1.54) is 12.8 Å². The number of methoxy groups -OCH3 is 1. The van der Waals surface area contributed by atoms with Crippen LogP contribution in [0, 0.1) is 5.92 Å². The van der Waals surface area contributed by atoms with Crippen molar-refractivity contribution < 1.29 is 9.53 Å². The maximum absolute atomic E-state index is 11.9. The molecule has 1 aliphatic heterocycles. The summed E-state index contributed by atoms with van der Waals surface area (Å²) in [6.07, 6.45) is 2.39. The largest absolute Gasteiger partial charge is 0.497 e. The first-order valence-electron chi connectivity index (χ1n) is 6.42. The molecule has 0 aromatic heterocycles. The fourth-order valence-corrected chi connectivity index (χ4v) is 2.18. The van der Waals surface area contributed by atoms with Gasteiger partial charge in [-0.2, -0.15) is 0 Å². The lowest BCUT2D eigenvalue weighted by Crippen LogP contribution is -2.38. The fraction of sp³-hybridized carbons (Fsp3) is 0.500. The van der Waals surface area contributed by atoms with Gasteiger partial charge in [0.1, 0.15) is 5.75 Å². The molecule has 2 rings (SSSR count). The number of hydrogen-bond donors (Lipinski definition) is 2. The fourth-order valence-electron chi connectivity index (χ4n) is 2.18. The Balaban J connectivity index is 1.82. The summed E-state index contributed by atoms with van der Waals surface area (Å²) in [6.45, 7) is 2.85. The van der Waals surface area contributed by atoms with Gasteiger partial charge in [0.15, 0.2) is 0 Å². The Morgan fingerprint density at radius 1 is 1.44 bits per heavy atom. The summed E-state index contributed by atoms with van der Waals surface area (Å²) in [5, 5.41) is 6.33. The summed E-state index contributed by atoms with van der Waals surface area (Å²) in [6, 6.07) is 7.18. The molecule has 1 aromatic carbocycles. The second-order valence-corrected chi connectivity index (χ2v) is 4.65. The molecule has 4 nitrogen and oxygen atoms in total. The molecular weight excluding hydrogens is 228 g/mol. The number of hydrogen-bond acceptors (Lipinski definition) is 3. The van der Waals surface area contributed by atoms with Gasteiger partial charge in [-0.25, -0.2) is 0 Å². The number of carbonyl (C=O) groups excluding carboxylic acids is 1. The Labute approximate surface area is 108 Å². The van der Waals surface area contributed by atoms with Crippen LogP contribution in [0.5, 0.6) is 5.75 Å². The summed E-state index contributed by atoms with van der Waals surface area (Å²) < 4.78 is 5.06. The smallest absolute Gasteiger partial charge is 0.251 e. The van der Waals surface area contributed by atoms with Gasteiger partial charge in [-0.15, -0.1) is 0 Å². The molecule has 1 fully saturated rings. The second kappa shape index (κ2) is 6.40. The molecular formula is C14H20N2O2. The van der Waals surface area contributed by atoms with E-state index in [4.69, 9.17) is 4.74 Å². The maximum Gasteiger partial charge on any atom is 0.251 e. The summed E-state index contributed by atoms with van der Waals surface area (Å²) in [4.78, 5) is 11.9. The van der Waals surface area contributed by atoms with Crippen LogP contribution in [0.1, 0.15) is 23.2 Å². The van der Waals surface area contributed by atoms with Crippen LogP contribution in [-0.4, -0.2) is 32.7 Å². The third kappa shape index (κ3) is 3.47. The normalized spacial score (nSPS) is 19.3. The molecule has 4 heteroatoms. The van der Waals surface area contributed by atoms with Crippen LogP contribution in [0.15, 0.2) is 24.3 Å². The molecule has 0 bridgehead atoms. The number of nitrogens with one attached hydrogen (secondary N) is 2. The predicted octanol–water partition coefficient (Wildman–Crippen LogP) is 1.42. The molecule has 0 spiro atoms. The van der Waals surface area contributed by atoms with Gasteiger partial charge in [-0.1, -0.05) is 0 Å². The summed E-state index contributed by atoms with van der Waals surface area (Å²) >= 11 is 0. The van der Waals surface area contributed by atoms with Gasteiger partial charge < -0.3 is 15.4 Å². The van der Waals surface area contributed by atoms with Crippen LogP contribution >= 0.6 is 0 Å². The van der Waals surface area contributed by atoms with E-state index < -0.39 is 0 Å². The molecule has 1 atom stereocenters. The molecule has 18 heavy (non-hydrogen) atoms. The van der Waals surface area contributed by atoms with E-state index in [2.05, 4.69) is 10.6 Å². The zero-order valence-corrected chi connectivity index (χ0v) is 10.7. The van der Waals surface area contributed by atoms with Crippen molar-refractivity contribution in [3.8, 4) is 5.75 Å². The van der Waals surface area contributed by atoms with E-state index in [1.807, 2.05) is 0 Å². The van der Waals surface area contributed by atoms with Crippen molar-refractivity contribution >= 4 is 5.91 Å². The molecule has 98 valence electrons. The van der Waals surface area contributed by atoms with Crippen LogP contribution in [0.2, 0.25) is 0 Å². The number of amides is 1. The molecule has 1 aromatic rings. The molecule has 1 amide bonds. The molecule has 2 N–H and O–H groups in total. The van der Waals surface area contributed by atoms with Crippen molar-refractivity contribution in [3.05, 3.63) is 29.8 Å². The molecule has 0 radical (unpaired) electrons. The number of piperidine rings is 1. The van der Waals surface area contributed by atoms with Gasteiger partial charge in [0.25, 0.3) is 5.91 Å². The lowest BCUT2D eigenvalue weighted by Gasteiger charge is -2.22. The highest BCUT2D eigenvalue weighted by Gasteiger charge is 2.14. The zero-order chi connectivity index (χ0) is 12.8. The standard InChI is InChI=1S/C14H20N2O2/c1-18-13-6-4-12(5-7-13)14(17)16-10-11-3-2-8-15-9-11/h4-7,11,15H,2-3,8-10H2,1H3,(H,16,17). The van der Waals surface area contributed by atoms with Crippen molar-refractivity contribution in [1.29, 1.82) is 0 Å². The molecule has 0 saturated carbocycles.